The van der Waals surface area contributed by atoms with Crippen LogP contribution >= 0.6 is 23.2 Å². The molecule has 0 aromatic heterocycles. The van der Waals surface area contributed by atoms with Crippen LogP contribution in [0.2, 0.25) is 10.0 Å². The van der Waals surface area contributed by atoms with Gasteiger partial charge in [0.25, 0.3) is 5.91 Å². The molecule has 1 amide bonds. The van der Waals surface area contributed by atoms with Crippen molar-refractivity contribution in [2.45, 2.75) is 6.54 Å². The number of hydrogen-bond donors (Lipinski definition) is 1. The first-order valence-corrected chi connectivity index (χ1v) is 11.2. The fraction of sp³-hybridized carbons (Fsp3) is 0.240. The van der Waals surface area contributed by atoms with Gasteiger partial charge in [-0.15, -0.1) is 0 Å². The molecule has 3 aromatic carbocycles. The minimum atomic E-state index is -0.259. The number of carbonyl (C=O) groups excluding carboxylic acids is 1. The summed E-state index contributed by atoms with van der Waals surface area (Å²) >= 11 is 12.3. The Balaban J connectivity index is 1.34. The van der Waals surface area contributed by atoms with E-state index in [0.29, 0.717) is 16.3 Å². The van der Waals surface area contributed by atoms with E-state index in [1.165, 1.54) is 12.7 Å². The summed E-state index contributed by atoms with van der Waals surface area (Å²) in [5.41, 5.74) is 3.43. The lowest BCUT2D eigenvalue weighted by atomic mass is 10.1. The molecule has 1 heterocycles. The Morgan fingerprint density at radius 2 is 1.69 bits per heavy atom. The van der Waals surface area contributed by atoms with Gasteiger partial charge in [-0.1, -0.05) is 41.4 Å². The molecular weight excluding hydrogens is 445 g/mol. The number of nitrogens with one attached hydrogen (secondary N) is 1. The topological polar surface area (TPSA) is 44.8 Å². The molecule has 1 aliphatic rings. The second-order valence-electron chi connectivity index (χ2n) is 7.70. The zero-order chi connectivity index (χ0) is 22.5. The predicted octanol–water partition coefficient (Wildman–Crippen LogP) is 5.58. The Morgan fingerprint density at radius 1 is 0.969 bits per heavy atom. The maximum absolute atomic E-state index is 12.7. The van der Waals surface area contributed by atoms with E-state index in [1.807, 2.05) is 42.5 Å². The second kappa shape index (κ2) is 10.3. The molecule has 0 radical (unpaired) electrons. The van der Waals surface area contributed by atoms with Crippen LogP contribution in [0.25, 0.3) is 0 Å². The van der Waals surface area contributed by atoms with Gasteiger partial charge in [0.2, 0.25) is 0 Å². The molecule has 0 unspecified atom stereocenters. The zero-order valence-electron chi connectivity index (χ0n) is 17.9. The summed E-state index contributed by atoms with van der Waals surface area (Å²) in [4.78, 5) is 17.4. The fourth-order valence-electron chi connectivity index (χ4n) is 3.84. The summed E-state index contributed by atoms with van der Waals surface area (Å²) in [6, 6.07) is 20.9. The molecule has 0 saturated carbocycles. The molecule has 0 bridgehead atoms. The van der Waals surface area contributed by atoms with Gasteiger partial charge in [-0.25, -0.2) is 0 Å². The lowest BCUT2D eigenvalue weighted by Gasteiger charge is -2.36. The average Bonchev–Trinajstić information content (AvgIpc) is 2.81. The molecule has 0 spiro atoms. The quantitative estimate of drug-likeness (QED) is 0.511. The van der Waals surface area contributed by atoms with Crippen molar-refractivity contribution >= 4 is 40.5 Å². The largest absolute Gasteiger partial charge is 0.496 e. The first-order valence-electron chi connectivity index (χ1n) is 10.5. The zero-order valence-corrected chi connectivity index (χ0v) is 19.4. The monoisotopic (exact) mass is 469 g/mol. The summed E-state index contributed by atoms with van der Waals surface area (Å²) in [6.45, 7) is 4.69. The van der Waals surface area contributed by atoms with Crippen molar-refractivity contribution in [3.8, 4) is 5.75 Å². The number of ether oxygens (including phenoxy) is 1. The molecule has 1 fully saturated rings. The highest BCUT2D eigenvalue weighted by atomic mass is 35.5. The van der Waals surface area contributed by atoms with Crippen LogP contribution < -0.4 is 15.0 Å². The summed E-state index contributed by atoms with van der Waals surface area (Å²) in [6.07, 6.45) is 0. The number of hydrogen-bond acceptors (Lipinski definition) is 4. The van der Waals surface area contributed by atoms with E-state index in [9.17, 15) is 4.79 Å². The van der Waals surface area contributed by atoms with Crippen LogP contribution in [0, 0.1) is 0 Å². The van der Waals surface area contributed by atoms with Gasteiger partial charge in [0.05, 0.1) is 12.7 Å². The smallest absolute Gasteiger partial charge is 0.259 e. The Bertz CT molecular complexity index is 1080. The van der Waals surface area contributed by atoms with Gasteiger partial charge in [0, 0.05) is 54.1 Å². The number of piperazine rings is 1. The number of anilines is 2. The van der Waals surface area contributed by atoms with Crippen molar-refractivity contribution in [2.75, 3.05) is 43.5 Å². The van der Waals surface area contributed by atoms with Gasteiger partial charge >= 0.3 is 0 Å². The van der Waals surface area contributed by atoms with Gasteiger partial charge in [-0.05, 0) is 54.1 Å². The van der Waals surface area contributed by atoms with Gasteiger partial charge < -0.3 is 15.0 Å². The van der Waals surface area contributed by atoms with Crippen LogP contribution in [0.5, 0.6) is 5.75 Å². The predicted molar refractivity (Wildman–Crippen MR) is 131 cm³/mol. The summed E-state index contributed by atoms with van der Waals surface area (Å²) in [5, 5.41) is 4.22. The fourth-order valence-corrected chi connectivity index (χ4v) is 4.21. The molecule has 4 rings (SSSR count). The van der Waals surface area contributed by atoms with Crippen molar-refractivity contribution in [1.29, 1.82) is 0 Å². The minimum Gasteiger partial charge on any atom is -0.496 e. The molecule has 32 heavy (non-hydrogen) atoms. The first kappa shape index (κ1) is 22.5. The molecule has 0 atom stereocenters. The normalized spacial score (nSPS) is 14.3. The van der Waals surface area contributed by atoms with E-state index in [2.05, 4.69) is 21.2 Å². The maximum Gasteiger partial charge on any atom is 0.259 e. The maximum atomic E-state index is 12.7. The summed E-state index contributed by atoms with van der Waals surface area (Å²) in [5.74, 6) is 0.225. The van der Waals surface area contributed by atoms with Crippen LogP contribution in [0.1, 0.15) is 15.9 Å². The van der Waals surface area contributed by atoms with Crippen molar-refractivity contribution in [2.24, 2.45) is 0 Å². The summed E-state index contributed by atoms with van der Waals surface area (Å²) in [7, 11) is 1.53. The third-order valence-corrected chi connectivity index (χ3v) is 6.22. The van der Waals surface area contributed by atoms with E-state index in [4.69, 9.17) is 27.9 Å². The third kappa shape index (κ3) is 5.36. The highest BCUT2D eigenvalue weighted by Crippen LogP contribution is 2.25. The van der Waals surface area contributed by atoms with Crippen LogP contribution in [0.15, 0.2) is 66.7 Å². The van der Waals surface area contributed by atoms with Crippen molar-refractivity contribution in [3.63, 3.8) is 0 Å². The van der Waals surface area contributed by atoms with E-state index >= 15 is 0 Å². The van der Waals surface area contributed by atoms with Gasteiger partial charge in [0.15, 0.2) is 0 Å². The summed E-state index contributed by atoms with van der Waals surface area (Å²) < 4.78 is 5.27. The molecule has 5 nitrogen and oxygen atoms in total. The second-order valence-corrected chi connectivity index (χ2v) is 8.54. The Labute approximate surface area is 198 Å². The van der Waals surface area contributed by atoms with Crippen molar-refractivity contribution in [1.82, 2.24) is 4.90 Å². The highest BCUT2D eigenvalue weighted by molar-refractivity contribution is 6.31. The Hall–Kier alpha value is -2.73. The standard InChI is InChI=1S/C25H25Cl2N3O2/c1-32-24-11-6-19(26)16-22(24)25(31)28-20-7-9-21(10-8-20)30-14-12-29(13-15-30)17-18-4-2-3-5-23(18)27/h2-11,16H,12-15,17H2,1H3,(H,28,31). The lowest BCUT2D eigenvalue weighted by Crippen LogP contribution is -2.46. The van der Waals surface area contributed by atoms with Crippen molar-refractivity contribution in [3.05, 3.63) is 87.9 Å². The molecule has 1 aliphatic heterocycles. The number of carbonyl (C=O) groups is 1. The van der Waals surface area contributed by atoms with Crippen LogP contribution in [0.3, 0.4) is 0 Å². The molecule has 3 aromatic rings. The number of amides is 1. The molecule has 1 N–H and O–H groups in total. The average molecular weight is 470 g/mol. The molecule has 1 saturated heterocycles. The van der Waals surface area contributed by atoms with E-state index in [0.717, 1.165) is 49.1 Å². The Morgan fingerprint density at radius 3 is 2.38 bits per heavy atom. The SMILES string of the molecule is COc1ccc(Cl)cc1C(=O)Nc1ccc(N2CCN(Cc3ccccc3Cl)CC2)cc1. The lowest BCUT2D eigenvalue weighted by molar-refractivity contribution is 0.102. The number of nitrogens with zero attached hydrogens (tertiary/aromatic N) is 2. The molecule has 7 heteroatoms. The van der Waals surface area contributed by atoms with Crippen LogP contribution in [-0.4, -0.2) is 44.1 Å². The highest BCUT2D eigenvalue weighted by Gasteiger charge is 2.18. The van der Waals surface area contributed by atoms with Crippen LogP contribution in [0.4, 0.5) is 11.4 Å². The van der Waals surface area contributed by atoms with Gasteiger partial charge in [0.1, 0.15) is 5.75 Å². The van der Waals surface area contributed by atoms with Gasteiger partial charge in [-0.2, -0.15) is 0 Å². The number of rotatable bonds is 6. The number of benzene rings is 3. The van der Waals surface area contributed by atoms with Crippen molar-refractivity contribution < 1.29 is 9.53 Å². The van der Waals surface area contributed by atoms with Gasteiger partial charge in [-0.3, -0.25) is 9.69 Å². The molecule has 166 valence electrons. The number of halogens is 2. The third-order valence-electron chi connectivity index (χ3n) is 5.62. The van der Waals surface area contributed by atoms with E-state index in [1.54, 1.807) is 18.2 Å². The first-order chi connectivity index (χ1) is 15.5. The van der Waals surface area contributed by atoms with Crippen LogP contribution in [-0.2, 0) is 6.54 Å². The Kier molecular flexibility index (Phi) is 7.20. The minimum absolute atomic E-state index is 0.259. The van der Waals surface area contributed by atoms with E-state index in [-0.39, 0.29) is 5.91 Å². The molecular formula is C25H25Cl2N3O2. The molecule has 0 aliphatic carbocycles. The van der Waals surface area contributed by atoms with E-state index < -0.39 is 0 Å². The number of methoxy groups -OCH3 is 1.